The molecule has 0 fully saturated rings. The van der Waals surface area contributed by atoms with E-state index in [1.165, 1.54) is 5.56 Å². The molecule has 0 aromatic carbocycles. The fourth-order valence-electron chi connectivity index (χ4n) is 1.75. The van der Waals surface area contributed by atoms with Crippen LogP contribution in [0.1, 0.15) is 17.7 Å². The van der Waals surface area contributed by atoms with Crippen molar-refractivity contribution in [2.24, 2.45) is 0 Å². The lowest BCUT2D eigenvalue weighted by Gasteiger charge is -2.04. The minimum atomic E-state index is 0.235. The molecule has 2 N–H and O–H groups in total. The second kappa shape index (κ2) is 5.09. The molecular formula is C12H17N3O. The van der Waals surface area contributed by atoms with E-state index in [2.05, 4.69) is 27.7 Å². The molecule has 0 aliphatic carbocycles. The van der Waals surface area contributed by atoms with Gasteiger partial charge in [0.15, 0.2) is 0 Å². The van der Waals surface area contributed by atoms with Crippen LogP contribution in [0.3, 0.4) is 0 Å². The molecule has 4 heteroatoms. The van der Waals surface area contributed by atoms with E-state index in [9.17, 15) is 0 Å². The molecule has 2 aromatic rings. The quantitative estimate of drug-likeness (QED) is 0.741. The number of nitrogens with one attached hydrogen (secondary N) is 1. The lowest BCUT2D eigenvalue weighted by atomic mass is 10.3. The number of aromatic nitrogens is 2. The molecule has 86 valence electrons. The Morgan fingerprint density at radius 2 is 2.38 bits per heavy atom. The van der Waals surface area contributed by atoms with E-state index in [1.54, 1.807) is 0 Å². The third kappa shape index (κ3) is 2.23. The number of aliphatic hydroxyl groups is 1. The maximum atomic E-state index is 8.67. The number of imidazole rings is 1. The Morgan fingerprint density at radius 1 is 1.50 bits per heavy atom. The smallest absolute Gasteiger partial charge is 0.139 e. The number of nitrogens with zero attached hydrogens (tertiary/aromatic N) is 2. The van der Waals surface area contributed by atoms with Crippen LogP contribution in [-0.4, -0.2) is 27.6 Å². The molecule has 0 bridgehead atoms. The SMILES string of the molecule is Cc1cccn2c(CNCCCO)cnc12. The van der Waals surface area contributed by atoms with Crippen LogP contribution in [0.2, 0.25) is 0 Å². The summed E-state index contributed by atoms with van der Waals surface area (Å²) < 4.78 is 2.10. The number of hydrogen-bond donors (Lipinski definition) is 2. The van der Waals surface area contributed by atoms with Gasteiger partial charge in [0.25, 0.3) is 0 Å². The van der Waals surface area contributed by atoms with Gasteiger partial charge in [-0.15, -0.1) is 0 Å². The van der Waals surface area contributed by atoms with Gasteiger partial charge in [0.1, 0.15) is 5.65 Å². The highest BCUT2D eigenvalue weighted by Crippen LogP contribution is 2.10. The molecule has 0 aliphatic rings. The summed E-state index contributed by atoms with van der Waals surface area (Å²) in [7, 11) is 0. The molecule has 0 saturated carbocycles. The van der Waals surface area contributed by atoms with E-state index in [0.717, 1.165) is 30.9 Å². The maximum Gasteiger partial charge on any atom is 0.139 e. The van der Waals surface area contributed by atoms with E-state index in [0.29, 0.717) is 0 Å². The van der Waals surface area contributed by atoms with Gasteiger partial charge in [0, 0.05) is 19.3 Å². The molecule has 2 heterocycles. The molecule has 0 atom stereocenters. The Bertz CT molecular complexity index is 464. The van der Waals surface area contributed by atoms with Gasteiger partial charge in [-0.05, 0) is 31.5 Å². The zero-order valence-electron chi connectivity index (χ0n) is 9.48. The van der Waals surface area contributed by atoms with Gasteiger partial charge in [-0.3, -0.25) is 0 Å². The van der Waals surface area contributed by atoms with Gasteiger partial charge in [0.05, 0.1) is 11.9 Å². The lowest BCUT2D eigenvalue weighted by molar-refractivity contribution is 0.286. The number of rotatable bonds is 5. The Labute approximate surface area is 94.9 Å². The van der Waals surface area contributed by atoms with Gasteiger partial charge in [-0.2, -0.15) is 0 Å². The topological polar surface area (TPSA) is 49.6 Å². The second-order valence-corrected chi connectivity index (χ2v) is 3.89. The van der Waals surface area contributed by atoms with Crippen molar-refractivity contribution in [3.8, 4) is 0 Å². The first-order valence-electron chi connectivity index (χ1n) is 5.56. The van der Waals surface area contributed by atoms with Crippen LogP contribution >= 0.6 is 0 Å². The molecule has 2 rings (SSSR count). The maximum absolute atomic E-state index is 8.67. The lowest BCUT2D eigenvalue weighted by Crippen LogP contribution is -2.16. The van der Waals surface area contributed by atoms with Gasteiger partial charge in [-0.25, -0.2) is 4.98 Å². The Morgan fingerprint density at radius 3 is 3.19 bits per heavy atom. The first kappa shape index (κ1) is 11.1. The Balaban J connectivity index is 2.10. The van der Waals surface area contributed by atoms with Gasteiger partial charge >= 0.3 is 0 Å². The van der Waals surface area contributed by atoms with E-state index in [1.807, 2.05) is 18.5 Å². The summed E-state index contributed by atoms with van der Waals surface area (Å²) in [6.07, 6.45) is 4.71. The number of fused-ring (bicyclic) bond motifs is 1. The van der Waals surface area contributed by atoms with Crippen LogP contribution in [0, 0.1) is 6.92 Å². The van der Waals surface area contributed by atoms with Crippen molar-refractivity contribution in [3.63, 3.8) is 0 Å². The summed E-state index contributed by atoms with van der Waals surface area (Å²) in [5, 5.41) is 12.0. The van der Waals surface area contributed by atoms with Crippen molar-refractivity contribution in [2.45, 2.75) is 19.9 Å². The summed E-state index contributed by atoms with van der Waals surface area (Å²) in [5.74, 6) is 0. The summed E-state index contributed by atoms with van der Waals surface area (Å²) in [6.45, 7) is 3.91. The highest BCUT2D eigenvalue weighted by Gasteiger charge is 2.03. The molecule has 0 radical (unpaired) electrons. The molecule has 16 heavy (non-hydrogen) atoms. The van der Waals surface area contributed by atoms with E-state index in [-0.39, 0.29) is 6.61 Å². The highest BCUT2D eigenvalue weighted by molar-refractivity contribution is 5.48. The monoisotopic (exact) mass is 219 g/mol. The Hall–Kier alpha value is -1.39. The Kier molecular flexibility index (Phi) is 3.54. The zero-order valence-corrected chi connectivity index (χ0v) is 9.48. The first-order chi connectivity index (χ1) is 7.83. The third-order valence-corrected chi connectivity index (χ3v) is 2.63. The van der Waals surface area contributed by atoms with Crippen molar-refractivity contribution < 1.29 is 5.11 Å². The first-order valence-corrected chi connectivity index (χ1v) is 5.56. The predicted molar refractivity (Wildman–Crippen MR) is 63.3 cm³/mol. The number of pyridine rings is 1. The summed E-state index contributed by atoms with van der Waals surface area (Å²) in [4.78, 5) is 4.39. The van der Waals surface area contributed by atoms with Crippen LogP contribution in [0.5, 0.6) is 0 Å². The number of hydrogen-bond acceptors (Lipinski definition) is 3. The van der Waals surface area contributed by atoms with E-state index < -0.39 is 0 Å². The van der Waals surface area contributed by atoms with Crippen LogP contribution in [0.15, 0.2) is 24.5 Å². The highest BCUT2D eigenvalue weighted by atomic mass is 16.3. The van der Waals surface area contributed by atoms with Gasteiger partial charge in [0.2, 0.25) is 0 Å². The van der Waals surface area contributed by atoms with Gasteiger partial charge < -0.3 is 14.8 Å². The van der Waals surface area contributed by atoms with E-state index in [4.69, 9.17) is 5.11 Å². The molecule has 0 unspecified atom stereocenters. The molecule has 0 saturated heterocycles. The number of aryl methyl sites for hydroxylation is 1. The van der Waals surface area contributed by atoms with Crippen LogP contribution in [-0.2, 0) is 6.54 Å². The molecular weight excluding hydrogens is 202 g/mol. The average molecular weight is 219 g/mol. The average Bonchev–Trinajstić information content (AvgIpc) is 2.70. The normalized spacial score (nSPS) is 11.1. The predicted octanol–water partition coefficient (Wildman–Crippen LogP) is 1.11. The third-order valence-electron chi connectivity index (χ3n) is 2.63. The fourth-order valence-corrected chi connectivity index (χ4v) is 1.75. The largest absolute Gasteiger partial charge is 0.396 e. The molecule has 4 nitrogen and oxygen atoms in total. The molecule has 0 aliphatic heterocycles. The minimum Gasteiger partial charge on any atom is -0.396 e. The van der Waals surface area contributed by atoms with Crippen LogP contribution in [0.25, 0.3) is 5.65 Å². The van der Waals surface area contributed by atoms with Crippen molar-refractivity contribution in [2.75, 3.05) is 13.2 Å². The summed E-state index contributed by atoms with van der Waals surface area (Å²) in [5.41, 5.74) is 3.35. The second-order valence-electron chi connectivity index (χ2n) is 3.89. The summed E-state index contributed by atoms with van der Waals surface area (Å²) in [6, 6.07) is 4.09. The molecule has 2 aromatic heterocycles. The minimum absolute atomic E-state index is 0.235. The zero-order chi connectivity index (χ0) is 11.4. The van der Waals surface area contributed by atoms with Crippen LogP contribution in [0.4, 0.5) is 0 Å². The standard InChI is InChI=1S/C12H17N3O/c1-10-4-2-6-15-11(9-14-12(10)15)8-13-5-3-7-16/h2,4,6,9,13,16H,3,5,7-8H2,1H3. The van der Waals surface area contributed by atoms with Crippen LogP contribution < -0.4 is 5.32 Å². The van der Waals surface area contributed by atoms with Crippen molar-refractivity contribution >= 4 is 5.65 Å². The van der Waals surface area contributed by atoms with Crippen molar-refractivity contribution in [1.29, 1.82) is 0 Å². The van der Waals surface area contributed by atoms with Crippen molar-refractivity contribution in [3.05, 3.63) is 35.8 Å². The van der Waals surface area contributed by atoms with Gasteiger partial charge in [-0.1, -0.05) is 6.07 Å². The number of aliphatic hydroxyl groups excluding tert-OH is 1. The fraction of sp³-hybridized carbons (Fsp3) is 0.417. The van der Waals surface area contributed by atoms with E-state index >= 15 is 0 Å². The van der Waals surface area contributed by atoms with Crippen molar-refractivity contribution in [1.82, 2.24) is 14.7 Å². The summed E-state index contributed by atoms with van der Waals surface area (Å²) >= 11 is 0. The molecule has 0 amide bonds. The molecule has 0 spiro atoms.